The number of rotatable bonds is 13. The summed E-state index contributed by atoms with van der Waals surface area (Å²) in [6.45, 7) is 19.3. The minimum Gasteiger partial charge on any atom is -0.343 e. The van der Waals surface area contributed by atoms with Gasteiger partial charge in [-0.15, -0.1) is 6.58 Å². The molecular formula is C47H70N6O7S. The van der Waals surface area contributed by atoms with Gasteiger partial charge in [0.05, 0.1) is 10.9 Å². The molecule has 336 valence electrons. The lowest BCUT2D eigenvalue weighted by Crippen LogP contribution is -2.63. The van der Waals surface area contributed by atoms with Gasteiger partial charge in [-0.05, 0) is 106 Å². The number of carbonyl (C=O) groups is 5. The molecule has 2 heterocycles. The molecule has 4 aliphatic carbocycles. The average Bonchev–Trinajstić information content (AvgIpc) is 3.93. The van der Waals surface area contributed by atoms with E-state index in [2.05, 4.69) is 59.8 Å². The van der Waals surface area contributed by atoms with E-state index in [0.717, 1.165) is 77.2 Å². The first kappa shape index (κ1) is 45.3. The van der Waals surface area contributed by atoms with Crippen molar-refractivity contribution in [2.24, 2.45) is 33.5 Å². The molecule has 2 spiro atoms. The van der Waals surface area contributed by atoms with Crippen molar-refractivity contribution in [3.63, 3.8) is 0 Å². The van der Waals surface area contributed by atoms with Crippen molar-refractivity contribution < 1.29 is 32.4 Å². The first-order valence-corrected chi connectivity index (χ1v) is 24.4. The van der Waals surface area contributed by atoms with Crippen LogP contribution in [0.15, 0.2) is 47.9 Å². The summed E-state index contributed by atoms with van der Waals surface area (Å²) in [4.78, 5) is 76.6. The van der Waals surface area contributed by atoms with Crippen LogP contribution in [0.5, 0.6) is 0 Å². The maximum absolute atomic E-state index is 15.3. The van der Waals surface area contributed by atoms with Gasteiger partial charge >= 0.3 is 0 Å². The highest BCUT2D eigenvalue weighted by Gasteiger charge is 2.85. The molecule has 2 saturated heterocycles. The molecule has 0 bridgehead atoms. The third-order valence-corrected chi connectivity index (χ3v) is 17.7. The normalized spacial score (nSPS) is 30.5. The van der Waals surface area contributed by atoms with Gasteiger partial charge in [0.2, 0.25) is 23.6 Å². The molecule has 1 aromatic rings. The van der Waals surface area contributed by atoms with Crippen LogP contribution in [0, 0.1) is 33.5 Å². The molecule has 4 N–H and O–H groups in total. The highest BCUT2D eigenvalue weighted by molar-refractivity contribution is 7.90. The van der Waals surface area contributed by atoms with Gasteiger partial charge in [0.15, 0.2) is 0 Å². The zero-order valence-electron chi connectivity index (χ0n) is 37.5. The Morgan fingerprint density at radius 2 is 1.49 bits per heavy atom. The molecule has 0 radical (unpaired) electrons. The summed E-state index contributed by atoms with van der Waals surface area (Å²) in [6.07, 6.45) is 12.4. The molecule has 13 nitrogen and oxygen atoms in total. The Bertz CT molecular complexity index is 2000. The van der Waals surface area contributed by atoms with Gasteiger partial charge < -0.3 is 20.9 Å². The van der Waals surface area contributed by atoms with Gasteiger partial charge in [0.1, 0.15) is 23.7 Å². The molecule has 2 aliphatic heterocycles. The van der Waals surface area contributed by atoms with E-state index in [4.69, 9.17) is 0 Å². The Morgan fingerprint density at radius 3 is 2.05 bits per heavy atom. The molecule has 7 atom stereocenters. The monoisotopic (exact) mass is 863 g/mol. The molecule has 5 amide bonds. The van der Waals surface area contributed by atoms with E-state index in [1.54, 1.807) is 29.2 Å². The smallest absolute Gasteiger partial charge is 0.264 e. The molecule has 14 heteroatoms. The number of nitrogens with one attached hydrogen (secondary N) is 4. The maximum Gasteiger partial charge on any atom is 0.264 e. The summed E-state index contributed by atoms with van der Waals surface area (Å²) in [5, 5.41) is 9.30. The molecule has 61 heavy (non-hydrogen) atoms. The maximum atomic E-state index is 15.3. The Kier molecular flexibility index (Phi) is 12.2. The summed E-state index contributed by atoms with van der Waals surface area (Å²) in [6, 6.07) is 4.60. The Labute approximate surface area is 363 Å². The third kappa shape index (κ3) is 7.84. The number of piperidine rings is 1. The highest BCUT2D eigenvalue weighted by atomic mass is 32.2. The minimum atomic E-state index is -4.24. The number of hydrogen-bond donors (Lipinski definition) is 4. The average molecular weight is 863 g/mol. The SMILES string of the molecule is C=C[C@@H]1C[C@]1(NC(=O)[C@@H]1C[C@@]2(CN1C(=O)[C@@H](NC(=O)C(NC(=O)[C@@H]1CCCCN1C(C)C)C1CCCCC1)C(C)(C)C)C(C)(C)C21CCC1)C(=O)NS(=O)(=O)c1ccccc1. The number of nitrogens with zero attached hydrogens (tertiary/aromatic N) is 2. The fraction of sp³-hybridized carbons (Fsp3) is 0.723. The van der Waals surface area contributed by atoms with E-state index in [1.165, 1.54) is 12.1 Å². The summed E-state index contributed by atoms with van der Waals surface area (Å²) in [5.41, 5.74) is -2.89. The molecule has 0 aromatic heterocycles. The van der Waals surface area contributed by atoms with E-state index >= 15 is 4.79 Å². The van der Waals surface area contributed by atoms with E-state index in [0.29, 0.717) is 13.0 Å². The fourth-order valence-electron chi connectivity index (χ4n) is 12.3. The van der Waals surface area contributed by atoms with E-state index in [9.17, 15) is 27.6 Å². The molecule has 7 rings (SSSR count). The van der Waals surface area contributed by atoms with Gasteiger partial charge in [0.25, 0.3) is 15.9 Å². The standard InChI is InChI=1S/C47H70N6O7S/c1-9-32-27-47(32,42(58)51-61(59,60)33-21-14-11-15-22-33)50-39(55)35-28-46(44(7,8)45(46)24-18-25-45)29-53(35)41(57)37(43(4,5)6)49-40(56)36(31-19-12-10-13-20-31)48-38(54)34-23-16-17-26-52(34)30(2)3/h9,11,14-15,21-22,30-32,34-37H,1,10,12-13,16-20,23-29H2,2-8H3,(H,48,54)(H,49,56)(H,50,55)(H,51,58)/t32-,34+,35+,36?,37-,46-,47-/m1/s1. The quantitative estimate of drug-likeness (QED) is 0.196. The van der Waals surface area contributed by atoms with Crippen LogP contribution in [-0.4, -0.2) is 96.6 Å². The van der Waals surface area contributed by atoms with Crippen molar-refractivity contribution in [1.82, 2.24) is 30.5 Å². The summed E-state index contributed by atoms with van der Waals surface area (Å²) in [5.74, 6) is -2.91. The second kappa shape index (κ2) is 16.4. The van der Waals surface area contributed by atoms with Crippen molar-refractivity contribution in [1.29, 1.82) is 0 Å². The van der Waals surface area contributed by atoms with Gasteiger partial charge in [0, 0.05) is 23.9 Å². The van der Waals surface area contributed by atoms with Gasteiger partial charge in [-0.1, -0.05) is 91.0 Å². The lowest BCUT2D eigenvalue weighted by atomic mass is 9.73. The van der Waals surface area contributed by atoms with Crippen molar-refractivity contribution >= 4 is 39.6 Å². The van der Waals surface area contributed by atoms with Crippen molar-refractivity contribution in [3.05, 3.63) is 43.0 Å². The zero-order valence-corrected chi connectivity index (χ0v) is 38.3. The first-order valence-electron chi connectivity index (χ1n) is 22.9. The number of amides is 5. The largest absolute Gasteiger partial charge is 0.343 e. The van der Waals surface area contributed by atoms with Crippen LogP contribution in [0.3, 0.4) is 0 Å². The summed E-state index contributed by atoms with van der Waals surface area (Å²) in [7, 11) is -4.24. The second-order valence-corrected chi connectivity index (χ2v) is 22.8. The Hall–Kier alpha value is -3.78. The predicted molar refractivity (Wildman–Crippen MR) is 233 cm³/mol. The van der Waals surface area contributed by atoms with Gasteiger partial charge in [-0.25, -0.2) is 13.1 Å². The number of hydrogen-bond acceptors (Lipinski definition) is 8. The lowest BCUT2D eigenvalue weighted by molar-refractivity contribution is -0.145. The lowest BCUT2D eigenvalue weighted by Gasteiger charge is -2.40. The molecular weight excluding hydrogens is 793 g/mol. The Balaban J connectivity index is 1.16. The van der Waals surface area contributed by atoms with Crippen LogP contribution in [0.4, 0.5) is 0 Å². The summed E-state index contributed by atoms with van der Waals surface area (Å²) < 4.78 is 28.7. The van der Waals surface area contributed by atoms with E-state index < -0.39 is 56.8 Å². The van der Waals surface area contributed by atoms with Crippen LogP contribution in [0.1, 0.15) is 132 Å². The zero-order chi connectivity index (χ0) is 44.3. The van der Waals surface area contributed by atoms with Crippen molar-refractivity contribution in [3.8, 4) is 0 Å². The fourth-order valence-corrected chi connectivity index (χ4v) is 13.3. The number of fused-ring (bicyclic) bond motifs is 1. The number of benzene rings is 1. The Morgan fingerprint density at radius 1 is 0.836 bits per heavy atom. The molecule has 6 aliphatic rings. The van der Waals surface area contributed by atoms with Gasteiger partial charge in [-0.3, -0.25) is 28.9 Å². The molecule has 1 unspecified atom stereocenters. The first-order chi connectivity index (χ1) is 28.7. The molecule has 1 aromatic carbocycles. The van der Waals surface area contributed by atoms with Crippen LogP contribution in [0.2, 0.25) is 0 Å². The van der Waals surface area contributed by atoms with Crippen LogP contribution >= 0.6 is 0 Å². The molecule has 6 fully saturated rings. The van der Waals surface area contributed by atoms with Gasteiger partial charge in [-0.2, -0.15) is 0 Å². The molecule has 4 saturated carbocycles. The summed E-state index contributed by atoms with van der Waals surface area (Å²) >= 11 is 0. The predicted octanol–water partition coefficient (Wildman–Crippen LogP) is 5.21. The number of likely N-dealkylation sites (tertiary alicyclic amines) is 2. The van der Waals surface area contributed by atoms with Crippen LogP contribution < -0.4 is 20.7 Å². The number of carbonyl (C=O) groups excluding carboxylic acids is 5. The van der Waals surface area contributed by atoms with Crippen LogP contribution in [0.25, 0.3) is 0 Å². The van der Waals surface area contributed by atoms with Crippen LogP contribution in [-0.2, 0) is 34.0 Å². The number of sulfonamides is 1. The topological polar surface area (TPSA) is 174 Å². The van der Waals surface area contributed by atoms with Crippen molar-refractivity contribution in [2.75, 3.05) is 13.1 Å². The van der Waals surface area contributed by atoms with E-state index in [1.807, 2.05) is 20.8 Å². The highest BCUT2D eigenvalue weighted by Crippen LogP contribution is 2.88. The van der Waals surface area contributed by atoms with E-state index in [-0.39, 0.29) is 63.3 Å². The van der Waals surface area contributed by atoms with Crippen molar-refractivity contribution in [2.45, 2.75) is 173 Å². The third-order valence-electron chi connectivity index (χ3n) is 16.3. The minimum absolute atomic E-state index is 0.0323. The second-order valence-electron chi connectivity index (χ2n) is 21.1.